The van der Waals surface area contributed by atoms with Crippen molar-refractivity contribution in [1.29, 1.82) is 0 Å². The smallest absolute Gasteiger partial charge is 0.264 e. The molecule has 10 heteroatoms. The molecule has 0 aliphatic heterocycles. The molecule has 0 unspecified atom stereocenters. The zero-order chi connectivity index (χ0) is 30.1. The Morgan fingerprint density at radius 3 is 2.05 bits per heavy atom. The van der Waals surface area contributed by atoms with Crippen LogP contribution in [0, 0.1) is 0 Å². The predicted octanol–water partition coefficient (Wildman–Crippen LogP) is 4.93. The second-order valence-corrected chi connectivity index (χ2v) is 11.7. The molecule has 0 heterocycles. The average Bonchev–Trinajstić information content (AvgIpc) is 3.02. The lowest BCUT2D eigenvalue weighted by atomic mass is 10.0. The fraction of sp³-hybridized carbons (Fsp3) is 0.188. The van der Waals surface area contributed by atoms with Gasteiger partial charge in [0.05, 0.1) is 17.7 Å². The summed E-state index contributed by atoms with van der Waals surface area (Å²) >= 11 is 6.48. The number of rotatable bonds is 12. The van der Waals surface area contributed by atoms with Crippen molar-refractivity contribution in [2.75, 3.05) is 25.0 Å². The first-order valence-corrected chi connectivity index (χ1v) is 15.1. The number of hydrogen-bond donors (Lipinski definition) is 1. The number of methoxy groups -OCH3 is 1. The summed E-state index contributed by atoms with van der Waals surface area (Å²) in [4.78, 5) is 28.9. The first-order chi connectivity index (χ1) is 20.2. The number of amides is 2. The molecule has 0 spiro atoms. The topological polar surface area (TPSA) is 96.0 Å². The minimum Gasteiger partial charge on any atom is -0.497 e. The van der Waals surface area contributed by atoms with Gasteiger partial charge in [0.25, 0.3) is 10.0 Å². The molecule has 1 N–H and O–H groups in total. The number of carbonyl (C=O) groups is 2. The lowest BCUT2D eigenvalue weighted by Crippen LogP contribution is -2.53. The Kier molecular flexibility index (Phi) is 10.2. The Bertz CT molecular complexity index is 1600. The minimum absolute atomic E-state index is 0.00532. The Morgan fingerprint density at radius 2 is 1.45 bits per heavy atom. The van der Waals surface area contributed by atoms with Gasteiger partial charge in [-0.2, -0.15) is 0 Å². The van der Waals surface area contributed by atoms with E-state index in [4.69, 9.17) is 16.3 Å². The number of para-hydroxylation sites is 1. The largest absolute Gasteiger partial charge is 0.497 e. The molecule has 4 rings (SSSR count). The van der Waals surface area contributed by atoms with E-state index in [-0.39, 0.29) is 23.8 Å². The van der Waals surface area contributed by atoms with E-state index in [1.54, 1.807) is 66.7 Å². The maximum Gasteiger partial charge on any atom is 0.264 e. The first kappa shape index (κ1) is 30.6. The summed E-state index contributed by atoms with van der Waals surface area (Å²) in [6.45, 7) is -0.556. The number of sulfonamides is 1. The standard InChI is InChI=1S/C32H32ClN3O5S/c1-34-32(38)30(21-24-11-5-3-6-12-24)35(22-25-13-9-10-16-29(25)33)31(37)23-36(26-14-7-4-8-15-26)42(39,40)28-19-17-27(41-2)18-20-28/h3-20,30H,21-23H2,1-2H3,(H,34,38)/t30-/m0/s1. The van der Waals surface area contributed by atoms with Crippen molar-refractivity contribution in [3.63, 3.8) is 0 Å². The van der Waals surface area contributed by atoms with E-state index < -0.39 is 28.5 Å². The Morgan fingerprint density at radius 1 is 0.857 bits per heavy atom. The van der Waals surface area contributed by atoms with Gasteiger partial charge in [0, 0.05) is 25.0 Å². The lowest BCUT2D eigenvalue weighted by Gasteiger charge is -2.33. The third-order valence-corrected chi connectivity index (χ3v) is 8.94. The molecule has 0 bridgehead atoms. The Balaban J connectivity index is 1.77. The average molecular weight is 606 g/mol. The quantitative estimate of drug-likeness (QED) is 0.247. The van der Waals surface area contributed by atoms with Gasteiger partial charge in [0.15, 0.2) is 0 Å². The highest BCUT2D eigenvalue weighted by atomic mass is 35.5. The van der Waals surface area contributed by atoms with Crippen molar-refractivity contribution in [1.82, 2.24) is 10.2 Å². The highest BCUT2D eigenvalue weighted by Crippen LogP contribution is 2.27. The van der Waals surface area contributed by atoms with Gasteiger partial charge in [-0.3, -0.25) is 13.9 Å². The Labute approximate surface area is 251 Å². The summed E-state index contributed by atoms with van der Waals surface area (Å²) in [5, 5.41) is 3.09. The van der Waals surface area contributed by atoms with E-state index in [9.17, 15) is 18.0 Å². The summed E-state index contributed by atoms with van der Waals surface area (Å²) in [7, 11) is -1.20. The van der Waals surface area contributed by atoms with E-state index >= 15 is 0 Å². The van der Waals surface area contributed by atoms with E-state index in [1.807, 2.05) is 30.3 Å². The molecule has 42 heavy (non-hydrogen) atoms. The zero-order valence-corrected chi connectivity index (χ0v) is 24.9. The molecule has 0 aliphatic rings. The summed E-state index contributed by atoms with van der Waals surface area (Å²) in [6.07, 6.45) is 0.216. The third-order valence-electron chi connectivity index (χ3n) is 6.79. The van der Waals surface area contributed by atoms with Gasteiger partial charge < -0.3 is 15.0 Å². The lowest BCUT2D eigenvalue weighted by molar-refractivity contribution is -0.139. The molecule has 218 valence electrons. The van der Waals surface area contributed by atoms with E-state index in [1.165, 1.54) is 31.2 Å². The van der Waals surface area contributed by atoms with Crippen LogP contribution in [0.25, 0.3) is 0 Å². The van der Waals surface area contributed by atoms with Crippen LogP contribution in [0.1, 0.15) is 11.1 Å². The van der Waals surface area contributed by atoms with Gasteiger partial charge in [-0.25, -0.2) is 8.42 Å². The highest BCUT2D eigenvalue weighted by Gasteiger charge is 2.34. The van der Waals surface area contributed by atoms with Crippen LogP contribution in [0.15, 0.2) is 114 Å². The zero-order valence-electron chi connectivity index (χ0n) is 23.3. The molecule has 0 saturated carbocycles. The number of nitrogens with one attached hydrogen (secondary N) is 1. The van der Waals surface area contributed by atoms with Crippen LogP contribution in [-0.4, -0.2) is 51.9 Å². The first-order valence-electron chi connectivity index (χ1n) is 13.2. The normalized spacial score (nSPS) is 11.8. The fourth-order valence-electron chi connectivity index (χ4n) is 4.53. The van der Waals surface area contributed by atoms with Crippen molar-refractivity contribution < 1.29 is 22.7 Å². The van der Waals surface area contributed by atoms with Gasteiger partial charge in [0.1, 0.15) is 18.3 Å². The molecule has 0 aliphatic carbocycles. The molecule has 0 saturated heterocycles. The molecule has 4 aromatic rings. The van der Waals surface area contributed by atoms with Gasteiger partial charge in [-0.1, -0.05) is 78.3 Å². The second kappa shape index (κ2) is 14.0. The maximum atomic E-state index is 14.2. The minimum atomic E-state index is -4.20. The van der Waals surface area contributed by atoms with E-state index in [0.29, 0.717) is 22.0 Å². The number of hydrogen-bond acceptors (Lipinski definition) is 5. The van der Waals surface area contributed by atoms with E-state index in [2.05, 4.69) is 5.32 Å². The molecular weight excluding hydrogens is 574 g/mol. The van der Waals surface area contributed by atoms with Gasteiger partial charge in [-0.05, 0) is 53.6 Å². The van der Waals surface area contributed by atoms with Gasteiger partial charge in [-0.15, -0.1) is 0 Å². The van der Waals surface area contributed by atoms with Crippen molar-refractivity contribution in [2.45, 2.75) is 23.9 Å². The number of ether oxygens (including phenoxy) is 1. The van der Waals surface area contributed by atoms with Crippen molar-refractivity contribution in [3.8, 4) is 5.75 Å². The summed E-state index contributed by atoms with van der Waals surface area (Å²) in [6, 6.07) is 29.8. The monoisotopic (exact) mass is 605 g/mol. The van der Waals surface area contributed by atoms with Crippen LogP contribution < -0.4 is 14.4 Å². The van der Waals surface area contributed by atoms with E-state index in [0.717, 1.165) is 9.87 Å². The molecule has 2 amide bonds. The number of nitrogens with zero attached hydrogens (tertiary/aromatic N) is 2. The molecule has 4 aromatic carbocycles. The predicted molar refractivity (Wildman–Crippen MR) is 164 cm³/mol. The number of anilines is 1. The summed E-state index contributed by atoms with van der Waals surface area (Å²) in [5.74, 6) is -0.458. The van der Waals surface area contributed by atoms with Crippen LogP contribution in [-0.2, 0) is 32.6 Å². The number of carbonyl (C=O) groups excluding carboxylic acids is 2. The summed E-state index contributed by atoms with van der Waals surface area (Å²) in [5.41, 5.74) is 1.77. The van der Waals surface area contributed by atoms with Crippen molar-refractivity contribution in [2.24, 2.45) is 0 Å². The molecule has 1 atom stereocenters. The summed E-state index contributed by atoms with van der Waals surface area (Å²) < 4.78 is 34.2. The van der Waals surface area contributed by atoms with Crippen LogP contribution in [0.3, 0.4) is 0 Å². The molecule has 0 radical (unpaired) electrons. The fourth-order valence-corrected chi connectivity index (χ4v) is 6.14. The van der Waals surface area contributed by atoms with Crippen molar-refractivity contribution in [3.05, 3.63) is 125 Å². The SMILES string of the molecule is CNC(=O)[C@H](Cc1ccccc1)N(Cc1ccccc1Cl)C(=O)CN(c1ccccc1)S(=O)(=O)c1ccc(OC)cc1. The molecule has 0 fully saturated rings. The molecule has 8 nitrogen and oxygen atoms in total. The third kappa shape index (κ3) is 7.29. The maximum absolute atomic E-state index is 14.2. The number of benzene rings is 4. The van der Waals surface area contributed by atoms with Gasteiger partial charge >= 0.3 is 0 Å². The van der Waals surface area contributed by atoms with Crippen molar-refractivity contribution >= 4 is 39.1 Å². The second-order valence-electron chi connectivity index (χ2n) is 9.46. The highest BCUT2D eigenvalue weighted by molar-refractivity contribution is 7.92. The van der Waals surface area contributed by atoms with Crippen LogP contribution >= 0.6 is 11.6 Å². The van der Waals surface area contributed by atoms with Crippen LogP contribution in [0.2, 0.25) is 5.02 Å². The van der Waals surface area contributed by atoms with Gasteiger partial charge in [0.2, 0.25) is 11.8 Å². The molecular formula is C32H32ClN3O5S. The number of halogens is 1. The number of likely N-dealkylation sites (N-methyl/N-ethyl adjacent to an activating group) is 1. The van der Waals surface area contributed by atoms with Crippen LogP contribution in [0.5, 0.6) is 5.75 Å². The van der Waals surface area contributed by atoms with Crippen LogP contribution in [0.4, 0.5) is 5.69 Å². The Hall–Kier alpha value is -4.34. The molecule has 0 aromatic heterocycles.